The summed E-state index contributed by atoms with van der Waals surface area (Å²) in [5, 5.41) is 19.8. The second-order valence-corrected chi connectivity index (χ2v) is 4.81. The first kappa shape index (κ1) is 13.3. The van der Waals surface area contributed by atoms with Crippen LogP contribution in [0.1, 0.15) is 17.3 Å². The number of benzene rings is 1. The molecule has 0 aliphatic carbocycles. The molecule has 0 radical (unpaired) electrons. The summed E-state index contributed by atoms with van der Waals surface area (Å²) in [5.74, 6) is -1.18. The molecular weight excluding hydrogens is 252 g/mol. The number of nitro benzene ring substituents is 1. The van der Waals surface area contributed by atoms with E-state index in [0.29, 0.717) is 18.8 Å². The van der Waals surface area contributed by atoms with Gasteiger partial charge in [0.1, 0.15) is 0 Å². The van der Waals surface area contributed by atoms with Crippen LogP contribution in [0, 0.1) is 10.1 Å². The topological polar surface area (TPSA) is 92.9 Å². The van der Waals surface area contributed by atoms with Crippen molar-refractivity contribution in [3.05, 3.63) is 33.9 Å². The molecule has 0 bridgehead atoms. The third kappa shape index (κ3) is 2.50. The molecule has 0 unspecified atom stereocenters. The second-order valence-electron chi connectivity index (χ2n) is 4.81. The van der Waals surface area contributed by atoms with Gasteiger partial charge in [-0.2, -0.15) is 0 Å². The Morgan fingerprint density at radius 1 is 1.47 bits per heavy atom. The summed E-state index contributed by atoms with van der Waals surface area (Å²) in [4.78, 5) is 23.0. The molecule has 1 heterocycles. The van der Waals surface area contributed by atoms with Gasteiger partial charge in [0.05, 0.1) is 16.1 Å². The van der Waals surface area contributed by atoms with Gasteiger partial charge < -0.3 is 14.7 Å². The molecule has 102 valence electrons. The Kier molecular flexibility index (Phi) is 3.15. The molecule has 1 saturated heterocycles. The first-order chi connectivity index (χ1) is 8.84. The molecule has 7 heteroatoms. The summed E-state index contributed by atoms with van der Waals surface area (Å²) in [6.07, 6.45) is 0. The van der Waals surface area contributed by atoms with Crippen LogP contribution >= 0.6 is 0 Å². The maximum Gasteiger partial charge on any atom is 0.336 e. The van der Waals surface area contributed by atoms with Crippen molar-refractivity contribution in [3.63, 3.8) is 0 Å². The minimum Gasteiger partial charge on any atom is -0.478 e. The second kappa shape index (κ2) is 4.51. The van der Waals surface area contributed by atoms with Gasteiger partial charge in [0.15, 0.2) is 0 Å². The third-order valence-electron chi connectivity index (χ3n) is 3.27. The summed E-state index contributed by atoms with van der Waals surface area (Å²) < 4.78 is 5.29. The fourth-order valence-electron chi connectivity index (χ4n) is 2.08. The number of hydrogen-bond acceptors (Lipinski definition) is 5. The smallest absolute Gasteiger partial charge is 0.336 e. The van der Waals surface area contributed by atoms with Crippen molar-refractivity contribution in [1.29, 1.82) is 0 Å². The van der Waals surface area contributed by atoms with E-state index in [9.17, 15) is 14.9 Å². The lowest BCUT2D eigenvalue weighted by molar-refractivity contribution is -0.384. The highest BCUT2D eigenvalue weighted by molar-refractivity contribution is 5.90. The van der Waals surface area contributed by atoms with E-state index in [1.165, 1.54) is 12.1 Å². The number of nitro groups is 1. The summed E-state index contributed by atoms with van der Waals surface area (Å²) in [5.41, 5.74) is -0.0640. The van der Waals surface area contributed by atoms with Crippen LogP contribution in [0.15, 0.2) is 18.2 Å². The van der Waals surface area contributed by atoms with Gasteiger partial charge in [0.2, 0.25) is 0 Å². The van der Waals surface area contributed by atoms with Gasteiger partial charge in [-0.3, -0.25) is 10.1 Å². The van der Waals surface area contributed by atoms with Crippen LogP contribution in [0.5, 0.6) is 0 Å². The van der Waals surface area contributed by atoms with Crippen LogP contribution < -0.4 is 4.90 Å². The zero-order valence-corrected chi connectivity index (χ0v) is 10.6. The van der Waals surface area contributed by atoms with Gasteiger partial charge in [-0.25, -0.2) is 4.79 Å². The van der Waals surface area contributed by atoms with E-state index in [-0.39, 0.29) is 16.9 Å². The van der Waals surface area contributed by atoms with Crippen LogP contribution in [0.2, 0.25) is 0 Å². The van der Waals surface area contributed by atoms with E-state index in [1.54, 1.807) is 7.11 Å². The van der Waals surface area contributed by atoms with E-state index in [2.05, 4.69) is 0 Å². The van der Waals surface area contributed by atoms with Gasteiger partial charge >= 0.3 is 5.97 Å². The molecule has 0 aromatic heterocycles. The first-order valence-electron chi connectivity index (χ1n) is 5.67. The lowest BCUT2D eigenvalue weighted by atomic mass is 9.95. The number of aromatic carboxylic acids is 1. The minimum absolute atomic E-state index is 0.0878. The molecule has 7 nitrogen and oxygen atoms in total. The summed E-state index contributed by atoms with van der Waals surface area (Å²) in [7, 11) is 1.60. The van der Waals surface area contributed by atoms with Crippen LogP contribution in [0.3, 0.4) is 0 Å². The van der Waals surface area contributed by atoms with Crippen LogP contribution in [-0.4, -0.2) is 41.8 Å². The summed E-state index contributed by atoms with van der Waals surface area (Å²) in [6.45, 7) is 3.08. The first-order valence-corrected chi connectivity index (χ1v) is 5.67. The van der Waals surface area contributed by atoms with Crippen LogP contribution in [0.25, 0.3) is 0 Å². The van der Waals surface area contributed by atoms with E-state index in [1.807, 2.05) is 11.8 Å². The summed E-state index contributed by atoms with van der Waals surface area (Å²) in [6, 6.07) is 3.87. The van der Waals surface area contributed by atoms with Gasteiger partial charge in [-0.15, -0.1) is 0 Å². The maximum absolute atomic E-state index is 11.0. The number of carboxylic acid groups (broad SMARTS) is 1. The molecule has 1 N–H and O–H groups in total. The van der Waals surface area contributed by atoms with Crippen molar-refractivity contribution in [2.45, 2.75) is 12.5 Å². The Bertz CT molecular complexity index is 505. The van der Waals surface area contributed by atoms with Gasteiger partial charge in [0.25, 0.3) is 5.69 Å². The predicted octanol–water partition coefficient (Wildman–Crippen LogP) is 1.52. The number of carbonyl (C=O) groups is 1. The van der Waals surface area contributed by atoms with Crippen molar-refractivity contribution in [2.75, 3.05) is 25.1 Å². The SMILES string of the molecule is COC1(C)CN(c2cc(C(=O)O)cc([N+](=O)[O-])c2)C1. The standard InChI is InChI=1S/C12H14N2O5/c1-12(19-2)6-13(7-12)9-3-8(11(15)16)4-10(5-9)14(17)18/h3-5H,6-7H2,1-2H3,(H,15,16). The highest BCUT2D eigenvalue weighted by atomic mass is 16.6. The fraction of sp³-hybridized carbons (Fsp3) is 0.417. The molecule has 0 atom stereocenters. The lowest BCUT2D eigenvalue weighted by Gasteiger charge is -2.48. The third-order valence-corrected chi connectivity index (χ3v) is 3.27. The minimum atomic E-state index is -1.18. The van der Waals surface area contributed by atoms with Crippen molar-refractivity contribution in [3.8, 4) is 0 Å². The van der Waals surface area contributed by atoms with Gasteiger partial charge in [-0.05, 0) is 13.0 Å². The molecule has 1 aromatic carbocycles. The largest absolute Gasteiger partial charge is 0.478 e. The van der Waals surface area contributed by atoms with E-state index in [4.69, 9.17) is 9.84 Å². The lowest BCUT2D eigenvalue weighted by Crippen LogP contribution is -2.61. The average molecular weight is 266 g/mol. The number of nitrogens with zero attached hydrogens (tertiary/aromatic N) is 2. The number of methoxy groups -OCH3 is 1. The molecule has 0 spiro atoms. The fourth-order valence-corrected chi connectivity index (χ4v) is 2.08. The molecule has 1 fully saturated rings. The maximum atomic E-state index is 11.0. The predicted molar refractivity (Wildman–Crippen MR) is 67.7 cm³/mol. The van der Waals surface area contributed by atoms with Crippen molar-refractivity contribution in [2.24, 2.45) is 0 Å². The molecule has 1 aliphatic rings. The number of non-ortho nitro benzene ring substituents is 1. The molecule has 1 aromatic rings. The highest BCUT2D eigenvalue weighted by Crippen LogP contribution is 2.32. The zero-order valence-electron chi connectivity index (χ0n) is 10.6. The van der Waals surface area contributed by atoms with Crippen molar-refractivity contribution in [1.82, 2.24) is 0 Å². The van der Waals surface area contributed by atoms with Crippen LogP contribution in [0.4, 0.5) is 11.4 Å². The Labute approximate surface area is 109 Å². The molecule has 1 aliphatic heterocycles. The van der Waals surface area contributed by atoms with Gasteiger partial charge in [-0.1, -0.05) is 0 Å². The van der Waals surface area contributed by atoms with E-state index >= 15 is 0 Å². The van der Waals surface area contributed by atoms with Gasteiger partial charge in [0, 0.05) is 38.0 Å². The monoisotopic (exact) mass is 266 g/mol. The molecule has 0 amide bonds. The van der Waals surface area contributed by atoms with E-state index in [0.717, 1.165) is 6.07 Å². The Morgan fingerprint density at radius 2 is 2.11 bits per heavy atom. The summed E-state index contributed by atoms with van der Waals surface area (Å²) >= 11 is 0. The zero-order chi connectivity index (χ0) is 14.2. The molecule has 0 saturated carbocycles. The Morgan fingerprint density at radius 3 is 2.58 bits per heavy atom. The normalized spacial score (nSPS) is 16.8. The number of hydrogen-bond donors (Lipinski definition) is 1. The molecular formula is C12H14N2O5. The van der Waals surface area contributed by atoms with E-state index < -0.39 is 10.9 Å². The number of ether oxygens (including phenoxy) is 1. The average Bonchev–Trinajstić information content (AvgIpc) is 2.34. The van der Waals surface area contributed by atoms with Crippen molar-refractivity contribution >= 4 is 17.3 Å². The highest BCUT2D eigenvalue weighted by Gasteiger charge is 2.39. The van der Waals surface area contributed by atoms with Crippen LogP contribution in [-0.2, 0) is 4.74 Å². The number of anilines is 1. The Hall–Kier alpha value is -2.15. The Balaban J connectivity index is 2.31. The number of carboxylic acids is 1. The molecule has 2 rings (SSSR count). The van der Waals surface area contributed by atoms with Crippen molar-refractivity contribution < 1.29 is 19.6 Å². The number of rotatable bonds is 4. The quantitative estimate of drug-likeness (QED) is 0.656. The molecule has 19 heavy (non-hydrogen) atoms.